The smallest absolute Gasteiger partial charge is 0.226 e. The summed E-state index contributed by atoms with van der Waals surface area (Å²) in [7, 11) is -2.97. The molecule has 2 aromatic heterocycles. The molecule has 0 aliphatic carbocycles. The molecule has 3 rings (SSSR count). The predicted molar refractivity (Wildman–Crippen MR) is 76.0 cm³/mol. The van der Waals surface area contributed by atoms with Crippen LogP contribution in [-0.4, -0.2) is 52.9 Å². The van der Waals surface area contributed by atoms with E-state index >= 15 is 0 Å². The molecule has 106 valence electrons. The Morgan fingerprint density at radius 1 is 1.10 bits per heavy atom. The van der Waals surface area contributed by atoms with E-state index in [2.05, 4.69) is 19.9 Å². The van der Waals surface area contributed by atoms with Crippen molar-refractivity contribution in [3.63, 3.8) is 0 Å². The lowest BCUT2D eigenvalue weighted by molar-refractivity contribution is 0.586. The third kappa shape index (κ3) is 2.63. The van der Waals surface area contributed by atoms with Crippen LogP contribution in [0.4, 0.5) is 5.82 Å². The van der Waals surface area contributed by atoms with Gasteiger partial charge in [0.05, 0.1) is 17.7 Å². The number of nitrogens with zero attached hydrogens (tertiary/aromatic N) is 5. The van der Waals surface area contributed by atoms with E-state index in [1.165, 1.54) is 6.20 Å². The second-order valence-corrected chi connectivity index (χ2v) is 7.35. The Kier molecular flexibility index (Phi) is 3.39. The fourth-order valence-electron chi connectivity index (χ4n) is 1.99. The highest BCUT2D eigenvalue weighted by Gasteiger charge is 2.25. The number of fused-ring (bicyclic) bond motifs is 1. The Hall–Kier alpha value is -1.25. The first-order valence-electron chi connectivity index (χ1n) is 5.76. The van der Waals surface area contributed by atoms with Gasteiger partial charge in [0, 0.05) is 13.1 Å². The highest BCUT2D eigenvalue weighted by Crippen LogP contribution is 2.24. The summed E-state index contributed by atoms with van der Waals surface area (Å²) < 4.78 is 22.9. The van der Waals surface area contributed by atoms with E-state index in [1.54, 1.807) is 0 Å². The van der Waals surface area contributed by atoms with Crippen LogP contribution in [0.3, 0.4) is 0 Å². The van der Waals surface area contributed by atoms with E-state index in [0.29, 0.717) is 30.1 Å². The van der Waals surface area contributed by atoms with Gasteiger partial charge in [0.25, 0.3) is 0 Å². The van der Waals surface area contributed by atoms with Gasteiger partial charge in [0.2, 0.25) is 5.28 Å². The molecule has 0 unspecified atom stereocenters. The average Bonchev–Trinajstić information content (AvgIpc) is 2.37. The number of sulfone groups is 1. The van der Waals surface area contributed by atoms with Crippen molar-refractivity contribution in [3.8, 4) is 0 Å². The average molecular weight is 334 g/mol. The fraction of sp³-hybridized carbons (Fsp3) is 0.400. The number of aromatic nitrogens is 4. The molecule has 1 aliphatic rings. The highest BCUT2D eigenvalue weighted by molar-refractivity contribution is 7.91. The third-order valence-corrected chi connectivity index (χ3v) is 4.94. The molecular formula is C10H9Cl2N5O2S. The van der Waals surface area contributed by atoms with Gasteiger partial charge in [0.15, 0.2) is 26.8 Å². The SMILES string of the molecule is O=S1(=O)CCN(c2nc(Cl)nc3nc(Cl)cnc23)CC1. The zero-order valence-electron chi connectivity index (χ0n) is 10.1. The number of anilines is 1. The molecule has 3 heterocycles. The van der Waals surface area contributed by atoms with Crippen LogP contribution < -0.4 is 4.90 Å². The lowest BCUT2D eigenvalue weighted by Gasteiger charge is -2.27. The molecule has 0 spiro atoms. The van der Waals surface area contributed by atoms with Crippen LogP contribution >= 0.6 is 23.2 Å². The summed E-state index contributed by atoms with van der Waals surface area (Å²) in [5.74, 6) is 0.646. The number of halogens is 2. The monoisotopic (exact) mass is 333 g/mol. The van der Waals surface area contributed by atoms with Crippen molar-refractivity contribution in [2.75, 3.05) is 29.5 Å². The van der Waals surface area contributed by atoms with E-state index < -0.39 is 9.84 Å². The first-order chi connectivity index (χ1) is 9.44. The summed E-state index contributed by atoms with van der Waals surface area (Å²) in [5, 5.41) is 0.233. The molecule has 0 atom stereocenters. The van der Waals surface area contributed by atoms with Gasteiger partial charge in [-0.25, -0.2) is 18.4 Å². The van der Waals surface area contributed by atoms with Gasteiger partial charge < -0.3 is 4.90 Å². The summed E-state index contributed by atoms with van der Waals surface area (Å²) in [5.41, 5.74) is 0.749. The van der Waals surface area contributed by atoms with Gasteiger partial charge in [-0.15, -0.1) is 0 Å². The first-order valence-corrected chi connectivity index (χ1v) is 8.33. The topological polar surface area (TPSA) is 88.9 Å². The largest absolute Gasteiger partial charge is 0.353 e. The zero-order chi connectivity index (χ0) is 14.3. The molecule has 0 bridgehead atoms. The summed E-state index contributed by atoms with van der Waals surface area (Å²) >= 11 is 11.6. The van der Waals surface area contributed by atoms with Crippen molar-refractivity contribution in [2.45, 2.75) is 0 Å². The van der Waals surface area contributed by atoms with Gasteiger partial charge in [-0.1, -0.05) is 11.6 Å². The van der Waals surface area contributed by atoms with Crippen molar-refractivity contribution < 1.29 is 8.42 Å². The summed E-state index contributed by atoms with van der Waals surface area (Å²) in [4.78, 5) is 18.1. The van der Waals surface area contributed by atoms with Gasteiger partial charge in [0.1, 0.15) is 5.15 Å². The van der Waals surface area contributed by atoms with E-state index in [4.69, 9.17) is 23.2 Å². The summed E-state index contributed by atoms with van der Waals surface area (Å²) in [6, 6.07) is 0. The summed E-state index contributed by atoms with van der Waals surface area (Å²) in [6.07, 6.45) is 1.39. The second kappa shape index (κ2) is 4.94. The number of hydrogen-bond acceptors (Lipinski definition) is 7. The lowest BCUT2D eigenvalue weighted by Crippen LogP contribution is -2.41. The molecule has 0 radical (unpaired) electrons. The van der Waals surface area contributed by atoms with Crippen LogP contribution in [0.25, 0.3) is 11.2 Å². The van der Waals surface area contributed by atoms with Crippen LogP contribution in [0.1, 0.15) is 0 Å². The van der Waals surface area contributed by atoms with Crippen molar-refractivity contribution >= 4 is 50.0 Å². The number of rotatable bonds is 1. The molecule has 7 nitrogen and oxygen atoms in total. The van der Waals surface area contributed by atoms with Crippen LogP contribution in [0.15, 0.2) is 6.20 Å². The lowest BCUT2D eigenvalue weighted by atomic mass is 10.4. The van der Waals surface area contributed by atoms with Gasteiger partial charge in [-0.05, 0) is 11.6 Å². The highest BCUT2D eigenvalue weighted by atomic mass is 35.5. The second-order valence-electron chi connectivity index (χ2n) is 4.32. The Labute approximate surface area is 124 Å². The minimum absolute atomic E-state index is 0.0255. The van der Waals surface area contributed by atoms with Gasteiger partial charge in [-0.3, -0.25) is 0 Å². The molecule has 0 N–H and O–H groups in total. The molecule has 10 heteroatoms. The van der Waals surface area contributed by atoms with Crippen molar-refractivity contribution in [3.05, 3.63) is 16.6 Å². The molecule has 20 heavy (non-hydrogen) atoms. The van der Waals surface area contributed by atoms with Crippen LogP contribution in [0.2, 0.25) is 10.4 Å². The molecule has 1 aliphatic heterocycles. The molecule has 0 amide bonds. The van der Waals surface area contributed by atoms with E-state index in [0.717, 1.165) is 0 Å². The van der Waals surface area contributed by atoms with Crippen LogP contribution in [-0.2, 0) is 9.84 Å². The third-order valence-electron chi connectivity index (χ3n) is 2.98. The predicted octanol–water partition coefficient (Wildman–Crippen LogP) is 0.961. The fourth-order valence-corrected chi connectivity index (χ4v) is 3.48. The van der Waals surface area contributed by atoms with Gasteiger partial charge in [-0.2, -0.15) is 9.97 Å². The van der Waals surface area contributed by atoms with Crippen molar-refractivity contribution in [1.82, 2.24) is 19.9 Å². The van der Waals surface area contributed by atoms with Crippen LogP contribution in [0, 0.1) is 0 Å². The Morgan fingerprint density at radius 2 is 1.80 bits per heavy atom. The Balaban J connectivity index is 2.07. The maximum absolute atomic E-state index is 11.5. The van der Waals surface area contributed by atoms with E-state index in [9.17, 15) is 8.42 Å². The van der Waals surface area contributed by atoms with Crippen molar-refractivity contribution in [2.24, 2.45) is 0 Å². The maximum atomic E-state index is 11.5. The zero-order valence-corrected chi connectivity index (χ0v) is 12.5. The molecule has 1 saturated heterocycles. The first kappa shape index (κ1) is 13.7. The molecular weight excluding hydrogens is 325 g/mol. The molecule has 0 aromatic carbocycles. The molecule has 0 saturated carbocycles. The van der Waals surface area contributed by atoms with E-state index in [1.807, 2.05) is 4.90 Å². The van der Waals surface area contributed by atoms with Gasteiger partial charge >= 0.3 is 0 Å². The van der Waals surface area contributed by atoms with Crippen LogP contribution in [0.5, 0.6) is 0 Å². The minimum atomic E-state index is -2.97. The maximum Gasteiger partial charge on any atom is 0.226 e. The minimum Gasteiger partial charge on any atom is -0.353 e. The quantitative estimate of drug-likeness (QED) is 0.718. The van der Waals surface area contributed by atoms with E-state index in [-0.39, 0.29) is 21.9 Å². The Morgan fingerprint density at radius 3 is 2.50 bits per heavy atom. The summed E-state index contributed by atoms with van der Waals surface area (Å²) in [6.45, 7) is 0.685. The molecule has 2 aromatic rings. The van der Waals surface area contributed by atoms with Crippen molar-refractivity contribution in [1.29, 1.82) is 0 Å². The number of hydrogen-bond donors (Lipinski definition) is 0. The normalized spacial score (nSPS) is 18.4. The Bertz CT molecular complexity index is 763. The standard InChI is InChI=1S/C10H9Cl2N5O2S/c11-6-5-13-7-8(14-6)15-10(12)16-9(7)17-1-3-20(18,19)4-2-17/h5H,1-4H2. The molecule has 1 fully saturated rings.